The summed E-state index contributed by atoms with van der Waals surface area (Å²) in [5.41, 5.74) is 0.0947. The van der Waals surface area contributed by atoms with Crippen molar-refractivity contribution in [3.63, 3.8) is 0 Å². The van der Waals surface area contributed by atoms with Crippen molar-refractivity contribution in [1.29, 1.82) is 0 Å². The van der Waals surface area contributed by atoms with E-state index < -0.39 is 34.4 Å². The predicted octanol–water partition coefficient (Wildman–Crippen LogP) is -0.862. The van der Waals surface area contributed by atoms with E-state index in [-0.39, 0.29) is 31.6 Å². The van der Waals surface area contributed by atoms with Crippen LogP contribution in [0.3, 0.4) is 0 Å². The quantitative estimate of drug-likeness (QED) is 0.495. The van der Waals surface area contributed by atoms with Crippen molar-refractivity contribution in [3.05, 3.63) is 11.9 Å². The van der Waals surface area contributed by atoms with Gasteiger partial charge in [0, 0.05) is 0 Å². The Morgan fingerprint density at radius 3 is 2.83 bits per heavy atom. The van der Waals surface area contributed by atoms with E-state index in [9.17, 15) is 13.2 Å². The van der Waals surface area contributed by atoms with E-state index in [1.807, 2.05) is 0 Å². The number of rotatable bonds is 5. The lowest BCUT2D eigenvalue weighted by molar-refractivity contribution is 0.0329. The number of aromatic nitrogens is 3. The fourth-order valence-electron chi connectivity index (χ4n) is 2.72. The summed E-state index contributed by atoms with van der Waals surface area (Å²) in [6.45, 7) is 2.31. The zero-order valence-corrected chi connectivity index (χ0v) is 13.4. The summed E-state index contributed by atoms with van der Waals surface area (Å²) in [5, 5.41) is 7.68. The smallest absolute Gasteiger partial charge is 0.360 e. The van der Waals surface area contributed by atoms with Gasteiger partial charge in [0.25, 0.3) is 10.1 Å². The third-order valence-corrected chi connectivity index (χ3v) is 4.21. The molecule has 3 heterocycles. The van der Waals surface area contributed by atoms with Gasteiger partial charge >= 0.3 is 5.97 Å². The van der Waals surface area contributed by atoms with Crippen LogP contribution in [0.4, 0.5) is 0 Å². The number of hydrogen-bond donors (Lipinski definition) is 0. The molecular formula is C12H17N3O7S. The normalized spacial score (nSPS) is 30.3. The van der Waals surface area contributed by atoms with Crippen LogP contribution in [0, 0.1) is 0 Å². The molecule has 2 aliphatic heterocycles. The Morgan fingerprint density at radius 1 is 1.39 bits per heavy atom. The number of hydrogen-bond acceptors (Lipinski definition) is 9. The van der Waals surface area contributed by atoms with E-state index >= 15 is 0 Å². The minimum atomic E-state index is -3.60. The zero-order valence-electron chi connectivity index (χ0n) is 12.6. The van der Waals surface area contributed by atoms with Crippen molar-refractivity contribution in [2.45, 2.75) is 31.3 Å². The molecule has 0 N–H and O–H groups in total. The molecule has 0 aromatic carbocycles. The Labute approximate surface area is 132 Å². The fourth-order valence-corrected chi connectivity index (χ4v) is 3.33. The fraction of sp³-hybridized carbons (Fsp3) is 0.750. The third-order valence-electron chi connectivity index (χ3n) is 3.61. The molecule has 2 saturated heterocycles. The molecule has 0 radical (unpaired) electrons. The first-order valence-electron chi connectivity index (χ1n) is 7.09. The van der Waals surface area contributed by atoms with E-state index in [0.29, 0.717) is 0 Å². The third kappa shape index (κ3) is 3.37. The Hall–Kier alpha value is -1.56. The SMILES string of the molecule is CCOC(=O)c1cn([C@@H]2CO[C@@H]3[C@H]2OC[C@H]3OS(C)(=O)=O)nn1. The summed E-state index contributed by atoms with van der Waals surface area (Å²) in [7, 11) is -3.60. The van der Waals surface area contributed by atoms with Crippen LogP contribution in [0.2, 0.25) is 0 Å². The van der Waals surface area contributed by atoms with Gasteiger partial charge in [-0.2, -0.15) is 8.42 Å². The van der Waals surface area contributed by atoms with Crippen molar-refractivity contribution in [2.24, 2.45) is 0 Å². The summed E-state index contributed by atoms with van der Waals surface area (Å²) in [5.74, 6) is -0.556. The van der Waals surface area contributed by atoms with E-state index in [4.69, 9.17) is 18.4 Å². The lowest BCUT2D eigenvalue weighted by Crippen LogP contribution is -2.33. The van der Waals surface area contributed by atoms with Crippen LogP contribution < -0.4 is 0 Å². The number of carbonyl (C=O) groups excluding carboxylic acids is 1. The van der Waals surface area contributed by atoms with Crippen LogP contribution in [0.1, 0.15) is 23.5 Å². The van der Waals surface area contributed by atoms with Crippen molar-refractivity contribution < 1.29 is 31.6 Å². The maximum absolute atomic E-state index is 11.6. The molecule has 1 aromatic heterocycles. The molecule has 0 aliphatic carbocycles. The molecule has 0 bridgehead atoms. The first kappa shape index (κ1) is 16.3. The number of fused-ring (bicyclic) bond motifs is 1. The Balaban J connectivity index is 1.71. The number of carbonyl (C=O) groups is 1. The minimum Gasteiger partial charge on any atom is -0.461 e. The number of esters is 1. The lowest BCUT2D eigenvalue weighted by atomic mass is 10.1. The first-order chi connectivity index (χ1) is 10.9. The van der Waals surface area contributed by atoms with Gasteiger partial charge in [-0.1, -0.05) is 5.21 Å². The average Bonchev–Trinajstić information content (AvgIpc) is 3.14. The molecule has 0 amide bonds. The Bertz CT molecular complexity index is 689. The molecular weight excluding hydrogens is 330 g/mol. The molecule has 1 aromatic rings. The van der Waals surface area contributed by atoms with Crippen molar-refractivity contribution in [2.75, 3.05) is 26.1 Å². The summed E-state index contributed by atoms with van der Waals surface area (Å²) < 4.78 is 45.0. The summed E-state index contributed by atoms with van der Waals surface area (Å²) >= 11 is 0. The summed E-state index contributed by atoms with van der Waals surface area (Å²) in [6, 6.07) is -0.316. The van der Waals surface area contributed by atoms with Gasteiger partial charge in [-0.15, -0.1) is 5.10 Å². The van der Waals surface area contributed by atoms with E-state index in [2.05, 4.69) is 10.3 Å². The second-order valence-corrected chi connectivity index (χ2v) is 6.91. The molecule has 4 atom stereocenters. The highest BCUT2D eigenvalue weighted by Crippen LogP contribution is 2.35. The second-order valence-electron chi connectivity index (χ2n) is 5.31. The Morgan fingerprint density at radius 2 is 2.13 bits per heavy atom. The largest absolute Gasteiger partial charge is 0.461 e. The van der Waals surface area contributed by atoms with Gasteiger partial charge in [0.2, 0.25) is 0 Å². The monoisotopic (exact) mass is 347 g/mol. The van der Waals surface area contributed by atoms with Gasteiger partial charge in [0.1, 0.15) is 24.4 Å². The number of nitrogens with zero attached hydrogens (tertiary/aromatic N) is 3. The topological polar surface area (TPSA) is 119 Å². The molecule has 2 aliphatic rings. The molecule has 11 heteroatoms. The van der Waals surface area contributed by atoms with Gasteiger partial charge in [0.05, 0.1) is 32.3 Å². The van der Waals surface area contributed by atoms with Crippen LogP contribution >= 0.6 is 0 Å². The summed E-state index contributed by atoms with van der Waals surface area (Å²) in [6.07, 6.45) is 0.828. The van der Waals surface area contributed by atoms with Crippen molar-refractivity contribution >= 4 is 16.1 Å². The highest BCUT2D eigenvalue weighted by Gasteiger charge is 2.50. The van der Waals surface area contributed by atoms with Crippen LogP contribution in [0.15, 0.2) is 6.20 Å². The minimum absolute atomic E-state index is 0.0947. The maximum atomic E-state index is 11.6. The van der Waals surface area contributed by atoms with Crippen LogP contribution in [-0.4, -0.2) is 73.8 Å². The maximum Gasteiger partial charge on any atom is 0.360 e. The van der Waals surface area contributed by atoms with Crippen molar-refractivity contribution in [1.82, 2.24) is 15.0 Å². The average molecular weight is 347 g/mol. The van der Waals surface area contributed by atoms with E-state index in [1.165, 1.54) is 10.9 Å². The van der Waals surface area contributed by atoms with Gasteiger partial charge in [-0.25, -0.2) is 9.48 Å². The highest BCUT2D eigenvalue weighted by molar-refractivity contribution is 7.86. The van der Waals surface area contributed by atoms with Crippen LogP contribution in [0.5, 0.6) is 0 Å². The van der Waals surface area contributed by atoms with Crippen LogP contribution in [0.25, 0.3) is 0 Å². The molecule has 0 saturated carbocycles. The van der Waals surface area contributed by atoms with Crippen LogP contribution in [-0.2, 0) is 28.5 Å². The van der Waals surface area contributed by atoms with Crippen molar-refractivity contribution in [3.8, 4) is 0 Å². The molecule has 2 fully saturated rings. The lowest BCUT2D eigenvalue weighted by Gasteiger charge is -2.15. The summed E-state index contributed by atoms with van der Waals surface area (Å²) in [4.78, 5) is 11.6. The Kier molecular flexibility index (Phi) is 4.36. The van der Waals surface area contributed by atoms with E-state index in [0.717, 1.165) is 6.26 Å². The zero-order chi connectivity index (χ0) is 16.6. The van der Waals surface area contributed by atoms with Gasteiger partial charge in [-0.05, 0) is 6.92 Å². The molecule has 3 rings (SSSR count). The van der Waals surface area contributed by atoms with Gasteiger partial charge in [-0.3, -0.25) is 4.18 Å². The standard InChI is InChI=1S/C12H17N3O7S/c1-3-19-12(16)7-4-15(14-13-7)8-5-20-11-9(6-21-10(8)11)22-23(2,17)18/h4,8-11H,3,5-6H2,1-2H3/t8-,9-,10+,11+/m1/s1. The molecule has 10 nitrogen and oxygen atoms in total. The molecule has 0 unspecified atom stereocenters. The van der Waals surface area contributed by atoms with E-state index in [1.54, 1.807) is 6.92 Å². The molecule has 23 heavy (non-hydrogen) atoms. The van der Waals surface area contributed by atoms with Gasteiger partial charge < -0.3 is 14.2 Å². The second kappa shape index (κ2) is 6.15. The first-order valence-corrected chi connectivity index (χ1v) is 8.91. The predicted molar refractivity (Wildman–Crippen MR) is 74.2 cm³/mol. The molecule has 128 valence electrons. The molecule has 0 spiro atoms. The number of ether oxygens (including phenoxy) is 3. The highest BCUT2D eigenvalue weighted by atomic mass is 32.2. The van der Waals surface area contributed by atoms with Gasteiger partial charge in [0.15, 0.2) is 5.69 Å².